The summed E-state index contributed by atoms with van der Waals surface area (Å²) in [5.41, 5.74) is 0.422. The number of hydrogen-bond acceptors (Lipinski definition) is 3. The summed E-state index contributed by atoms with van der Waals surface area (Å²) in [4.78, 5) is 3.74. The van der Waals surface area contributed by atoms with Gasteiger partial charge in [-0.25, -0.2) is 0 Å². The lowest BCUT2D eigenvalue weighted by atomic mass is 9.81. The maximum absolute atomic E-state index is 11.8. The predicted molar refractivity (Wildman–Crippen MR) is 117 cm³/mol. The van der Waals surface area contributed by atoms with Gasteiger partial charge in [-0.15, -0.1) is 23.7 Å². The van der Waals surface area contributed by atoms with Gasteiger partial charge in [-0.1, -0.05) is 49.7 Å². The molecule has 2 heterocycles. The van der Waals surface area contributed by atoms with Crippen LogP contribution >= 0.6 is 23.7 Å². The summed E-state index contributed by atoms with van der Waals surface area (Å²) in [6, 6.07) is 14.6. The van der Waals surface area contributed by atoms with E-state index in [2.05, 4.69) is 53.6 Å². The fourth-order valence-electron chi connectivity index (χ4n) is 5.07. The number of halogens is 1. The molecule has 1 saturated carbocycles. The van der Waals surface area contributed by atoms with Crippen LogP contribution in [0.15, 0.2) is 47.8 Å². The van der Waals surface area contributed by atoms with Crippen LogP contribution in [0.25, 0.3) is 0 Å². The minimum atomic E-state index is -0.791. The summed E-state index contributed by atoms with van der Waals surface area (Å²) in [6.45, 7) is 5.67. The minimum Gasteiger partial charge on any atom is -0.384 e. The van der Waals surface area contributed by atoms with Crippen molar-refractivity contribution in [2.75, 3.05) is 19.6 Å². The Bertz CT molecular complexity index is 692. The summed E-state index contributed by atoms with van der Waals surface area (Å²) in [7, 11) is 0. The van der Waals surface area contributed by atoms with Crippen molar-refractivity contribution in [3.05, 3.63) is 58.3 Å². The Morgan fingerprint density at radius 2 is 1.89 bits per heavy atom. The number of hydrogen-bond donors (Lipinski definition) is 1. The van der Waals surface area contributed by atoms with Crippen molar-refractivity contribution in [2.45, 2.75) is 44.6 Å². The quantitative estimate of drug-likeness (QED) is 0.699. The number of benzene rings is 1. The van der Waals surface area contributed by atoms with E-state index in [0.29, 0.717) is 6.42 Å². The first-order valence-corrected chi connectivity index (χ1v) is 11.0. The molecule has 4 unspecified atom stereocenters. The van der Waals surface area contributed by atoms with Crippen molar-refractivity contribution in [1.82, 2.24) is 4.90 Å². The van der Waals surface area contributed by atoms with Crippen LogP contribution in [0.4, 0.5) is 0 Å². The van der Waals surface area contributed by atoms with Crippen LogP contribution in [-0.2, 0) is 12.0 Å². The first-order valence-electron chi connectivity index (χ1n) is 10.2. The van der Waals surface area contributed by atoms with Crippen molar-refractivity contribution < 1.29 is 5.11 Å². The second-order valence-corrected chi connectivity index (χ2v) is 9.51. The molecule has 0 spiro atoms. The molecule has 2 aliphatic rings. The van der Waals surface area contributed by atoms with Gasteiger partial charge in [0.1, 0.15) is 5.60 Å². The Morgan fingerprint density at radius 1 is 1.11 bits per heavy atom. The highest BCUT2D eigenvalue weighted by atomic mass is 35.5. The molecular weight excluding hydrogens is 374 g/mol. The molecule has 2 aromatic rings. The second-order valence-electron chi connectivity index (χ2n) is 8.56. The van der Waals surface area contributed by atoms with Gasteiger partial charge in [-0.05, 0) is 54.7 Å². The van der Waals surface area contributed by atoms with E-state index in [4.69, 9.17) is 0 Å². The van der Waals surface area contributed by atoms with E-state index in [0.717, 1.165) is 23.3 Å². The van der Waals surface area contributed by atoms with Gasteiger partial charge >= 0.3 is 0 Å². The largest absolute Gasteiger partial charge is 0.384 e. The second kappa shape index (κ2) is 9.09. The third-order valence-electron chi connectivity index (χ3n) is 6.63. The molecule has 27 heavy (non-hydrogen) atoms. The zero-order valence-corrected chi connectivity index (χ0v) is 17.9. The molecule has 1 N–H and O–H groups in total. The van der Waals surface area contributed by atoms with Gasteiger partial charge in [0.15, 0.2) is 0 Å². The van der Waals surface area contributed by atoms with Crippen LogP contribution in [-0.4, -0.2) is 29.6 Å². The SMILES string of the molecule is CC(CN1CCC2CCC(C2)C1)C(O)(Cc1ccccc1)c1cccs1.Cl. The van der Waals surface area contributed by atoms with E-state index in [1.807, 2.05) is 6.07 Å². The highest BCUT2D eigenvalue weighted by molar-refractivity contribution is 7.10. The zero-order chi connectivity index (χ0) is 18.0. The predicted octanol–water partition coefficient (Wildman–Crippen LogP) is 5.36. The van der Waals surface area contributed by atoms with Crippen LogP contribution < -0.4 is 0 Å². The number of rotatable bonds is 6. The molecule has 1 aromatic heterocycles. The Morgan fingerprint density at radius 3 is 2.63 bits per heavy atom. The molecule has 0 radical (unpaired) electrons. The number of nitrogens with zero attached hydrogens (tertiary/aromatic N) is 1. The van der Waals surface area contributed by atoms with E-state index < -0.39 is 5.60 Å². The number of fused-ring (bicyclic) bond motifs is 2. The van der Waals surface area contributed by atoms with Crippen LogP contribution in [0.1, 0.15) is 43.0 Å². The molecule has 2 fully saturated rings. The Labute approximate surface area is 174 Å². The van der Waals surface area contributed by atoms with Gasteiger partial charge in [0.2, 0.25) is 0 Å². The molecule has 4 atom stereocenters. The van der Waals surface area contributed by atoms with Crippen molar-refractivity contribution in [3.8, 4) is 0 Å². The monoisotopic (exact) mass is 405 g/mol. The fraction of sp³-hybridized carbons (Fsp3) is 0.565. The molecule has 1 aliphatic heterocycles. The van der Waals surface area contributed by atoms with Gasteiger partial charge in [0.05, 0.1) is 0 Å². The summed E-state index contributed by atoms with van der Waals surface area (Å²) in [5, 5.41) is 13.9. The van der Waals surface area contributed by atoms with Crippen LogP contribution in [0.5, 0.6) is 0 Å². The number of thiophene rings is 1. The van der Waals surface area contributed by atoms with E-state index >= 15 is 0 Å². The van der Waals surface area contributed by atoms with Gasteiger partial charge in [-0.3, -0.25) is 0 Å². The number of likely N-dealkylation sites (tertiary alicyclic amines) is 1. The Hall–Kier alpha value is -0.870. The Balaban J connectivity index is 0.00000210. The lowest BCUT2D eigenvalue weighted by Crippen LogP contribution is -2.43. The van der Waals surface area contributed by atoms with E-state index in [9.17, 15) is 5.11 Å². The maximum atomic E-state index is 11.8. The van der Waals surface area contributed by atoms with Gasteiger partial charge in [0, 0.05) is 30.3 Å². The van der Waals surface area contributed by atoms with E-state index in [1.54, 1.807) is 11.3 Å². The molecule has 148 valence electrons. The molecule has 1 aliphatic carbocycles. The lowest BCUT2D eigenvalue weighted by molar-refractivity contribution is -0.0279. The van der Waals surface area contributed by atoms with Crippen molar-refractivity contribution in [2.24, 2.45) is 17.8 Å². The van der Waals surface area contributed by atoms with Gasteiger partial charge in [-0.2, -0.15) is 0 Å². The molecular formula is C23H32ClNOS. The molecule has 2 nitrogen and oxygen atoms in total. The summed E-state index contributed by atoms with van der Waals surface area (Å²) in [5.74, 6) is 2.05. The van der Waals surface area contributed by atoms with Crippen LogP contribution in [0, 0.1) is 17.8 Å². The third-order valence-corrected chi connectivity index (χ3v) is 7.67. The van der Waals surface area contributed by atoms with Crippen molar-refractivity contribution in [1.29, 1.82) is 0 Å². The molecule has 0 amide bonds. The number of aliphatic hydroxyl groups is 1. The summed E-state index contributed by atoms with van der Waals surface area (Å²) in [6.07, 6.45) is 6.33. The fourth-order valence-corrected chi connectivity index (χ4v) is 6.01. The average molecular weight is 406 g/mol. The van der Waals surface area contributed by atoms with Crippen LogP contribution in [0.3, 0.4) is 0 Å². The summed E-state index contributed by atoms with van der Waals surface area (Å²) < 4.78 is 0. The third kappa shape index (κ3) is 4.76. The highest BCUT2D eigenvalue weighted by Crippen LogP contribution is 2.39. The first-order chi connectivity index (χ1) is 12.6. The van der Waals surface area contributed by atoms with E-state index in [-0.39, 0.29) is 18.3 Å². The molecule has 1 saturated heterocycles. The van der Waals surface area contributed by atoms with E-state index in [1.165, 1.54) is 44.3 Å². The maximum Gasteiger partial charge on any atom is 0.106 e. The van der Waals surface area contributed by atoms with Crippen molar-refractivity contribution in [3.63, 3.8) is 0 Å². The standard InChI is InChI=1S/C23H31NOS.ClH/c1-18(16-24-12-11-19-9-10-21(14-19)17-24)23(25,22-8-5-13-26-22)15-20-6-3-2-4-7-20;/h2-8,13,18-19,21,25H,9-12,14-17H2,1H3;1H. The average Bonchev–Trinajstić information content (AvgIpc) is 3.28. The molecule has 4 heteroatoms. The normalized spacial score (nSPS) is 26.0. The lowest BCUT2D eigenvalue weighted by Gasteiger charge is -2.37. The smallest absolute Gasteiger partial charge is 0.106 e. The molecule has 4 rings (SSSR count). The zero-order valence-electron chi connectivity index (χ0n) is 16.2. The topological polar surface area (TPSA) is 23.5 Å². The highest BCUT2D eigenvalue weighted by Gasteiger charge is 2.39. The van der Waals surface area contributed by atoms with Gasteiger partial charge in [0.25, 0.3) is 0 Å². The minimum absolute atomic E-state index is 0. The molecule has 1 aromatic carbocycles. The van der Waals surface area contributed by atoms with Crippen LogP contribution in [0.2, 0.25) is 0 Å². The van der Waals surface area contributed by atoms with Crippen molar-refractivity contribution >= 4 is 23.7 Å². The first kappa shape index (κ1) is 20.9. The Kier molecular flexibility index (Phi) is 7.02. The van der Waals surface area contributed by atoms with Gasteiger partial charge < -0.3 is 10.0 Å². The molecule has 2 bridgehead atoms. The summed E-state index contributed by atoms with van der Waals surface area (Å²) >= 11 is 1.69.